The number of carboxylic acid groups (broad SMARTS) is 1. The maximum Gasteiger partial charge on any atom is 0.338 e. The van der Waals surface area contributed by atoms with Gasteiger partial charge in [-0.15, -0.1) is 0 Å². The lowest BCUT2D eigenvalue weighted by molar-refractivity contribution is 0.0695. The molecule has 0 atom stereocenters. The molecule has 5 nitrogen and oxygen atoms in total. The predicted octanol–water partition coefficient (Wildman–Crippen LogP) is 1.60. The number of nitrogens with zero attached hydrogens (tertiary/aromatic N) is 2. The van der Waals surface area contributed by atoms with Crippen LogP contribution in [0.4, 0.5) is 8.78 Å². The molecule has 1 aromatic rings. The van der Waals surface area contributed by atoms with E-state index in [4.69, 9.17) is 10.4 Å². The fourth-order valence-electron chi connectivity index (χ4n) is 1.16. The van der Waals surface area contributed by atoms with Gasteiger partial charge in [0, 0.05) is 6.20 Å². The third kappa shape index (κ3) is 1.91. The van der Waals surface area contributed by atoms with Crippen LogP contribution in [0.2, 0.25) is 0 Å². The van der Waals surface area contributed by atoms with Crippen molar-refractivity contribution in [1.29, 1.82) is 5.26 Å². The molecule has 16 heavy (non-hydrogen) atoms. The van der Waals surface area contributed by atoms with Crippen molar-refractivity contribution in [2.45, 2.75) is 6.43 Å². The first-order valence-electron chi connectivity index (χ1n) is 4.01. The lowest BCUT2D eigenvalue weighted by atomic mass is 10.1. The Balaban J connectivity index is 3.58. The summed E-state index contributed by atoms with van der Waals surface area (Å²) in [5, 5.41) is 17.4. The summed E-state index contributed by atoms with van der Waals surface area (Å²) in [6.07, 6.45) is -2.22. The number of pyridine rings is 1. The number of nitriles is 1. The summed E-state index contributed by atoms with van der Waals surface area (Å²) in [4.78, 5) is 14.1. The van der Waals surface area contributed by atoms with Crippen molar-refractivity contribution >= 4 is 5.97 Å². The predicted molar refractivity (Wildman–Crippen MR) is 47.4 cm³/mol. The summed E-state index contributed by atoms with van der Waals surface area (Å²) < 4.78 is 29.8. The summed E-state index contributed by atoms with van der Waals surface area (Å²) >= 11 is 0. The normalized spacial score (nSPS) is 9.94. The highest BCUT2D eigenvalue weighted by atomic mass is 19.3. The van der Waals surface area contributed by atoms with E-state index < -0.39 is 35.0 Å². The Morgan fingerprint density at radius 2 is 2.31 bits per heavy atom. The van der Waals surface area contributed by atoms with Crippen molar-refractivity contribution in [3.05, 3.63) is 22.9 Å². The summed E-state index contributed by atoms with van der Waals surface area (Å²) in [6.45, 7) is 0. The van der Waals surface area contributed by atoms with Gasteiger partial charge in [0.2, 0.25) is 5.88 Å². The van der Waals surface area contributed by atoms with Crippen molar-refractivity contribution < 1.29 is 23.4 Å². The van der Waals surface area contributed by atoms with Gasteiger partial charge in [-0.3, -0.25) is 0 Å². The molecule has 0 amide bonds. The van der Waals surface area contributed by atoms with E-state index in [-0.39, 0.29) is 0 Å². The molecular formula is C9H6F2N2O3. The molecule has 0 radical (unpaired) electrons. The SMILES string of the molecule is COc1ncc(C(=O)O)c(C#N)c1C(F)F. The Morgan fingerprint density at radius 3 is 2.69 bits per heavy atom. The highest BCUT2D eigenvalue weighted by molar-refractivity contribution is 5.91. The molecule has 0 aliphatic heterocycles. The Labute approximate surface area is 88.9 Å². The van der Waals surface area contributed by atoms with Crippen molar-refractivity contribution in [3.8, 4) is 11.9 Å². The van der Waals surface area contributed by atoms with Crippen LogP contribution in [0.25, 0.3) is 0 Å². The number of aromatic carboxylic acids is 1. The zero-order chi connectivity index (χ0) is 12.3. The molecule has 0 aliphatic carbocycles. The van der Waals surface area contributed by atoms with Gasteiger partial charge >= 0.3 is 5.97 Å². The third-order valence-electron chi connectivity index (χ3n) is 1.83. The highest BCUT2D eigenvalue weighted by Gasteiger charge is 2.25. The van der Waals surface area contributed by atoms with Crippen LogP contribution >= 0.6 is 0 Å². The lowest BCUT2D eigenvalue weighted by Gasteiger charge is -2.09. The molecule has 1 heterocycles. The van der Waals surface area contributed by atoms with Gasteiger partial charge in [0.1, 0.15) is 6.07 Å². The topological polar surface area (TPSA) is 83.2 Å². The van der Waals surface area contributed by atoms with E-state index in [0.717, 1.165) is 13.3 Å². The number of ether oxygens (including phenoxy) is 1. The van der Waals surface area contributed by atoms with Crippen molar-refractivity contribution in [2.75, 3.05) is 7.11 Å². The number of carboxylic acids is 1. The zero-order valence-electron chi connectivity index (χ0n) is 8.07. The molecule has 0 aromatic carbocycles. The van der Waals surface area contributed by atoms with E-state index >= 15 is 0 Å². The first-order chi connectivity index (χ1) is 7.52. The number of aromatic nitrogens is 1. The summed E-state index contributed by atoms with van der Waals surface area (Å²) in [6, 6.07) is 1.42. The summed E-state index contributed by atoms with van der Waals surface area (Å²) in [5.74, 6) is -1.94. The fourth-order valence-corrected chi connectivity index (χ4v) is 1.16. The fraction of sp³-hybridized carbons (Fsp3) is 0.222. The Hall–Kier alpha value is -2.23. The molecular weight excluding hydrogens is 222 g/mol. The van der Waals surface area contributed by atoms with Gasteiger partial charge in [0.15, 0.2) is 0 Å². The second kappa shape index (κ2) is 4.53. The van der Waals surface area contributed by atoms with E-state index in [0.29, 0.717) is 0 Å². The lowest BCUT2D eigenvalue weighted by Crippen LogP contribution is -2.07. The molecule has 1 N–H and O–H groups in total. The highest BCUT2D eigenvalue weighted by Crippen LogP contribution is 2.31. The molecule has 1 aromatic heterocycles. The standard InChI is InChI=1S/C9H6F2N2O3/c1-16-8-6(7(10)11)4(2-12)5(3-13-8)9(14)15/h3,7H,1H3,(H,14,15). The van der Waals surface area contributed by atoms with Crippen LogP contribution in [-0.2, 0) is 0 Å². The van der Waals surface area contributed by atoms with Gasteiger partial charge in [-0.1, -0.05) is 0 Å². The van der Waals surface area contributed by atoms with Crippen molar-refractivity contribution in [2.24, 2.45) is 0 Å². The second-order valence-electron chi connectivity index (χ2n) is 2.69. The van der Waals surface area contributed by atoms with Crippen LogP contribution in [0.15, 0.2) is 6.20 Å². The maximum absolute atomic E-state index is 12.6. The van der Waals surface area contributed by atoms with Gasteiger partial charge in [-0.05, 0) is 0 Å². The average molecular weight is 228 g/mol. The van der Waals surface area contributed by atoms with E-state index in [1.165, 1.54) is 6.07 Å². The second-order valence-corrected chi connectivity index (χ2v) is 2.69. The first-order valence-corrected chi connectivity index (χ1v) is 4.01. The number of alkyl halides is 2. The van der Waals surface area contributed by atoms with Crippen LogP contribution < -0.4 is 4.74 Å². The quantitative estimate of drug-likeness (QED) is 0.849. The van der Waals surface area contributed by atoms with Crippen LogP contribution in [0.1, 0.15) is 27.9 Å². The Bertz CT molecular complexity index is 469. The van der Waals surface area contributed by atoms with E-state index in [9.17, 15) is 13.6 Å². The zero-order valence-corrected chi connectivity index (χ0v) is 8.07. The molecule has 0 saturated heterocycles. The van der Waals surface area contributed by atoms with Crippen LogP contribution in [0.5, 0.6) is 5.88 Å². The van der Waals surface area contributed by atoms with Gasteiger partial charge in [0.25, 0.3) is 6.43 Å². The molecule has 0 aliphatic rings. The maximum atomic E-state index is 12.6. The number of rotatable bonds is 3. The van der Waals surface area contributed by atoms with Crippen LogP contribution in [-0.4, -0.2) is 23.2 Å². The molecule has 7 heteroatoms. The number of hydrogen-bond donors (Lipinski definition) is 1. The third-order valence-corrected chi connectivity index (χ3v) is 1.83. The minimum atomic E-state index is -3.03. The van der Waals surface area contributed by atoms with E-state index in [1.807, 2.05) is 0 Å². The van der Waals surface area contributed by atoms with Crippen LogP contribution in [0.3, 0.4) is 0 Å². The van der Waals surface area contributed by atoms with E-state index in [1.54, 1.807) is 0 Å². The number of carbonyl (C=O) groups is 1. The Kier molecular flexibility index (Phi) is 3.35. The molecule has 84 valence electrons. The largest absolute Gasteiger partial charge is 0.481 e. The van der Waals surface area contributed by atoms with Crippen LogP contribution in [0, 0.1) is 11.3 Å². The first kappa shape index (κ1) is 11.8. The summed E-state index contributed by atoms with van der Waals surface area (Å²) in [7, 11) is 1.11. The Morgan fingerprint density at radius 1 is 1.69 bits per heavy atom. The minimum absolute atomic E-state index is 0.448. The van der Waals surface area contributed by atoms with Gasteiger partial charge in [-0.25, -0.2) is 18.6 Å². The number of methoxy groups -OCH3 is 1. The summed E-state index contributed by atoms with van der Waals surface area (Å²) in [5.41, 5.74) is -2.00. The molecule has 0 bridgehead atoms. The molecule has 1 rings (SSSR count). The molecule has 0 spiro atoms. The number of halogens is 2. The van der Waals surface area contributed by atoms with Gasteiger partial charge in [0.05, 0.1) is 23.8 Å². The monoisotopic (exact) mass is 228 g/mol. The smallest absolute Gasteiger partial charge is 0.338 e. The van der Waals surface area contributed by atoms with E-state index in [2.05, 4.69) is 9.72 Å². The van der Waals surface area contributed by atoms with Gasteiger partial charge < -0.3 is 9.84 Å². The average Bonchev–Trinajstić information content (AvgIpc) is 2.26. The van der Waals surface area contributed by atoms with Gasteiger partial charge in [-0.2, -0.15) is 5.26 Å². The molecule has 0 unspecified atom stereocenters. The number of hydrogen-bond acceptors (Lipinski definition) is 4. The molecule has 0 fully saturated rings. The minimum Gasteiger partial charge on any atom is -0.481 e. The van der Waals surface area contributed by atoms with Crippen molar-refractivity contribution in [1.82, 2.24) is 4.98 Å². The molecule has 0 saturated carbocycles. The van der Waals surface area contributed by atoms with Crippen molar-refractivity contribution in [3.63, 3.8) is 0 Å².